The number of carbonyl (C=O) groups excluding carboxylic acids is 1. The minimum absolute atomic E-state index is 0.0136. The molecule has 138 valence electrons. The van der Waals surface area contributed by atoms with E-state index in [4.69, 9.17) is 4.74 Å². The lowest BCUT2D eigenvalue weighted by molar-refractivity contribution is -0.154. The van der Waals surface area contributed by atoms with Crippen molar-refractivity contribution in [3.8, 4) is 5.75 Å². The SMILES string of the molecule is O=C(NCC1(C(=O)O)CCOCC1)c1ccc(OCC(F)(F)F)cc1. The highest BCUT2D eigenvalue weighted by Gasteiger charge is 2.40. The number of rotatable bonds is 6. The molecule has 1 aromatic rings. The third-order valence-corrected chi connectivity index (χ3v) is 4.01. The Bertz CT molecular complexity index is 609. The van der Waals surface area contributed by atoms with Gasteiger partial charge in [-0.3, -0.25) is 9.59 Å². The molecule has 0 unspecified atom stereocenters. The Morgan fingerprint density at radius 3 is 2.32 bits per heavy atom. The van der Waals surface area contributed by atoms with Crippen molar-refractivity contribution in [1.82, 2.24) is 5.32 Å². The molecule has 1 amide bonds. The van der Waals surface area contributed by atoms with Crippen molar-refractivity contribution >= 4 is 11.9 Å². The zero-order valence-corrected chi connectivity index (χ0v) is 13.3. The van der Waals surface area contributed by atoms with Gasteiger partial charge in [0, 0.05) is 25.3 Å². The lowest BCUT2D eigenvalue weighted by atomic mass is 9.80. The standard InChI is InChI=1S/C16H18F3NO5/c17-16(18,19)10-25-12-3-1-11(2-4-12)13(21)20-9-15(14(22)23)5-7-24-8-6-15/h1-4H,5-10H2,(H,20,21)(H,22,23). The molecule has 6 nitrogen and oxygen atoms in total. The first kappa shape index (κ1) is 19.0. The maximum Gasteiger partial charge on any atom is 0.422 e. The van der Waals surface area contributed by atoms with Gasteiger partial charge < -0.3 is 19.9 Å². The Morgan fingerprint density at radius 2 is 1.80 bits per heavy atom. The first-order chi connectivity index (χ1) is 11.7. The van der Waals surface area contributed by atoms with Gasteiger partial charge in [0.1, 0.15) is 5.75 Å². The minimum atomic E-state index is -4.44. The fourth-order valence-corrected chi connectivity index (χ4v) is 2.45. The van der Waals surface area contributed by atoms with E-state index in [2.05, 4.69) is 10.1 Å². The Labute approximate surface area is 141 Å². The van der Waals surface area contributed by atoms with Gasteiger partial charge >= 0.3 is 12.1 Å². The minimum Gasteiger partial charge on any atom is -0.484 e. The second kappa shape index (κ2) is 7.73. The van der Waals surface area contributed by atoms with E-state index in [0.717, 1.165) is 0 Å². The predicted octanol–water partition coefficient (Wildman–Crippen LogP) is 2.24. The number of ether oxygens (including phenoxy) is 2. The lowest BCUT2D eigenvalue weighted by Crippen LogP contribution is -2.46. The molecule has 1 heterocycles. The van der Waals surface area contributed by atoms with Crippen LogP contribution in [0.25, 0.3) is 0 Å². The van der Waals surface area contributed by atoms with Crippen LogP contribution >= 0.6 is 0 Å². The van der Waals surface area contributed by atoms with Gasteiger partial charge in [0.25, 0.3) is 5.91 Å². The molecule has 1 aliphatic heterocycles. The molecule has 1 fully saturated rings. The van der Waals surface area contributed by atoms with Crippen LogP contribution in [0.1, 0.15) is 23.2 Å². The third-order valence-electron chi connectivity index (χ3n) is 4.01. The van der Waals surface area contributed by atoms with Gasteiger partial charge in [-0.1, -0.05) is 0 Å². The molecule has 9 heteroatoms. The third kappa shape index (κ3) is 5.35. The van der Waals surface area contributed by atoms with Crippen LogP contribution in [-0.4, -0.2) is 49.5 Å². The first-order valence-electron chi connectivity index (χ1n) is 7.61. The van der Waals surface area contributed by atoms with Gasteiger partial charge in [-0.05, 0) is 37.1 Å². The summed E-state index contributed by atoms with van der Waals surface area (Å²) in [6.07, 6.45) is -3.84. The summed E-state index contributed by atoms with van der Waals surface area (Å²) in [5, 5.41) is 12.0. The van der Waals surface area contributed by atoms with E-state index >= 15 is 0 Å². The quantitative estimate of drug-likeness (QED) is 0.812. The number of alkyl halides is 3. The van der Waals surface area contributed by atoms with Crippen molar-refractivity contribution in [2.45, 2.75) is 19.0 Å². The number of nitrogens with one attached hydrogen (secondary N) is 1. The molecule has 0 aliphatic carbocycles. The van der Waals surface area contributed by atoms with Crippen molar-refractivity contribution in [3.63, 3.8) is 0 Å². The number of amides is 1. The summed E-state index contributed by atoms with van der Waals surface area (Å²) in [7, 11) is 0. The zero-order chi connectivity index (χ0) is 18.5. The molecule has 25 heavy (non-hydrogen) atoms. The molecule has 0 atom stereocenters. The fraction of sp³-hybridized carbons (Fsp3) is 0.500. The average molecular weight is 361 g/mol. The van der Waals surface area contributed by atoms with Crippen molar-refractivity contribution in [2.75, 3.05) is 26.4 Å². The smallest absolute Gasteiger partial charge is 0.422 e. The van der Waals surface area contributed by atoms with Crippen LogP contribution in [0, 0.1) is 5.41 Å². The number of benzene rings is 1. The summed E-state index contributed by atoms with van der Waals surface area (Å²) in [5.74, 6) is -1.51. The van der Waals surface area contributed by atoms with E-state index in [1.54, 1.807) is 0 Å². The van der Waals surface area contributed by atoms with Crippen molar-refractivity contribution in [1.29, 1.82) is 0 Å². The molecule has 1 saturated heterocycles. The summed E-state index contributed by atoms with van der Waals surface area (Å²) < 4.78 is 46.0. The second-order valence-electron chi connectivity index (χ2n) is 5.81. The summed E-state index contributed by atoms with van der Waals surface area (Å²) in [6, 6.07) is 5.14. The number of carboxylic acid groups (broad SMARTS) is 1. The summed E-state index contributed by atoms with van der Waals surface area (Å²) in [4.78, 5) is 23.6. The monoisotopic (exact) mass is 361 g/mol. The van der Waals surface area contributed by atoms with Crippen molar-refractivity contribution < 1.29 is 37.3 Å². The fourth-order valence-electron chi connectivity index (χ4n) is 2.45. The van der Waals surface area contributed by atoms with Gasteiger partial charge in [0.05, 0.1) is 5.41 Å². The Balaban J connectivity index is 1.93. The second-order valence-corrected chi connectivity index (χ2v) is 5.81. The number of aliphatic carboxylic acids is 1. The van der Waals surface area contributed by atoms with E-state index in [9.17, 15) is 27.9 Å². The van der Waals surface area contributed by atoms with Crippen molar-refractivity contribution in [2.24, 2.45) is 5.41 Å². The lowest BCUT2D eigenvalue weighted by Gasteiger charge is -2.33. The van der Waals surface area contributed by atoms with Gasteiger partial charge in [-0.15, -0.1) is 0 Å². The molecule has 0 radical (unpaired) electrons. The number of hydrogen-bond acceptors (Lipinski definition) is 4. The van der Waals surface area contributed by atoms with E-state index < -0.39 is 30.1 Å². The molecule has 0 aromatic heterocycles. The van der Waals surface area contributed by atoms with Crippen LogP contribution in [0.3, 0.4) is 0 Å². The van der Waals surface area contributed by atoms with Crippen LogP contribution < -0.4 is 10.1 Å². The topological polar surface area (TPSA) is 84.9 Å². The predicted molar refractivity (Wildman–Crippen MR) is 80.4 cm³/mol. The van der Waals surface area contributed by atoms with Crippen LogP contribution in [0.2, 0.25) is 0 Å². The van der Waals surface area contributed by atoms with Gasteiger partial charge in [-0.2, -0.15) is 13.2 Å². The zero-order valence-electron chi connectivity index (χ0n) is 13.3. The maximum absolute atomic E-state index is 12.1. The van der Waals surface area contributed by atoms with E-state index in [-0.39, 0.29) is 17.9 Å². The average Bonchev–Trinajstić information content (AvgIpc) is 2.58. The summed E-state index contributed by atoms with van der Waals surface area (Å²) in [6.45, 7) is -0.834. The molecule has 1 aliphatic rings. The van der Waals surface area contributed by atoms with E-state index in [1.807, 2.05) is 0 Å². The number of carbonyl (C=O) groups is 2. The largest absolute Gasteiger partial charge is 0.484 e. The highest BCUT2D eigenvalue weighted by atomic mass is 19.4. The van der Waals surface area contributed by atoms with E-state index in [0.29, 0.717) is 26.1 Å². The molecular formula is C16H18F3NO5. The van der Waals surface area contributed by atoms with Gasteiger partial charge in [-0.25, -0.2) is 0 Å². The number of hydrogen-bond donors (Lipinski definition) is 2. The molecule has 0 bridgehead atoms. The maximum atomic E-state index is 12.1. The summed E-state index contributed by atoms with van der Waals surface area (Å²) >= 11 is 0. The molecule has 2 rings (SSSR count). The Morgan fingerprint density at radius 1 is 1.20 bits per heavy atom. The van der Waals surface area contributed by atoms with Crippen LogP contribution in [0.15, 0.2) is 24.3 Å². The number of halogens is 3. The molecule has 2 N–H and O–H groups in total. The van der Waals surface area contributed by atoms with Crippen LogP contribution in [0.5, 0.6) is 5.75 Å². The first-order valence-corrected chi connectivity index (χ1v) is 7.61. The highest BCUT2D eigenvalue weighted by Crippen LogP contribution is 2.30. The van der Waals surface area contributed by atoms with Gasteiger partial charge in [0.15, 0.2) is 6.61 Å². The summed E-state index contributed by atoms with van der Waals surface area (Å²) in [5.41, 5.74) is -0.865. The van der Waals surface area contributed by atoms with Crippen molar-refractivity contribution in [3.05, 3.63) is 29.8 Å². The van der Waals surface area contributed by atoms with E-state index in [1.165, 1.54) is 24.3 Å². The molecule has 0 spiro atoms. The Kier molecular flexibility index (Phi) is 5.89. The number of carboxylic acids is 1. The highest BCUT2D eigenvalue weighted by molar-refractivity contribution is 5.94. The Hall–Kier alpha value is -2.29. The molecular weight excluding hydrogens is 343 g/mol. The van der Waals surface area contributed by atoms with Crippen LogP contribution in [-0.2, 0) is 9.53 Å². The normalized spacial score (nSPS) is 16.9. The molecule has 1 aromatic carbocycles. The molecule has 0 saturated carbocycles. The van der Waals surface area contributed by atoms with Crippen LogP contribution in [0.4, 0.5) is 13.2 Å². The van der Waals surface area contributed by atoms with Gasteiger partial charge in [0.2, 0.25) is 0 Å².